The van der Waals surface area contributed by atoms with Crippen molar-refractivity contribution in [3.05, 3.63) is 12.0 Å². The number of fused-ring (bicyclic) bond motifs is 2. The van der Waals surface area contributed by atoms with Crippen LogP contribution in [0.2, 0.25) is 0 Å². The van der Waals surface area contributed by atoms with Gasteiger partial charge in [-0.05, 0) is 33.1 Å². The Hall–Kier alpha value is -0.920. The van der Waals surface area contributed by atoms with E-state index in [9.17, 15) is 8.42 Å². The van der Waals surface area contributed by atoms with E-state index in [1.807, 2.05) is 13.8 Å². The highest BCUT2D eigenvalue weighted by atomic mass is 32.2. The Balaban J connectivity index is 1.83. The molecule has 0 aliphatic carbocycles. The lowest BCUT2D eigenvalue weighted by Gasteiger charge is -2.32. The zero-order chi connectivity index (χ0) is 16.8. The first kappa shape index (κ1) is 16.9. The van der Waals surface area contributed by atoms with E-state index in [1.54, 1.807) is 4.31 Å². The third-order valence-corrected chi connectivity index (χ3v) is 6.91. The molecule has 0 radical (unpaired) electrons. The number of hydrogen-bond acceptors (Lipinski definition) is 4. The molecule has 2 aliphatic rings. The van der Waals surface area contributed by atoms with Gasteiger partial charge in [-0.25, -0.2) is 13.4 Å². The number of hydrogen-bond donors (Lipinski definition) is 1. The molecule has 2 aliphatic heterocycles. The van der Waals surface area contributed by atoms with Crippen LogP contribution in [0.3, 0.4) is 0 Å². The third-order valence-electron chi connectivity index (χ3n) is 5.14. The molecule has 2 unspecified atom stereocenters. The number of sulfonamides is 1. The van der Waals surface area contributed by atoms with E-state index in [-0.39, 0.29) is 10.9 Å². The van der Waals surface area contributed by atoms with Crippen LogP contribution >= 0.6 is 0 Å². The summed E-state index contributed by atoms with van der Waals surface area (Å²) in [4.78, 5) is 9.73. The Morgan fingerprint density at radius 2 is 1.87 bits per heavy atom. The standard InChI is InChI=1S/C16H28N4O2S/c1-11(2)16-17-9-15(18-16)23(21,22)19-8-7-13-5-6-14(10-19)20(13)12(3)4/h9,11-14H,5-8,10H2,1-4H3,(H,17,18). The van der Waals surface area contributed by atoms with Gasteiger partial charge in [-0.15, -0.1) is 0 Å². The molecule has 2 atom stereocenters. The molecular formula is C16H28N4O2S. The molecule has 1 aromatic rings. The fourth-order valence-corrected chi connectivity index (χ4v) is 5.44. The molecule has 2 fully saturated rings. The number of nitrogens with zero attached hydrogens (tertiary/aromatic N) is 3. The largest absolute Gasteiger partial charge is 0.332 e. The molecule has 6 nitrogen and oxygen atoms in total. The summed E-state index contributed by atoms with van der Waals surface area (Å²) >= 11 is 0. The van der Waals surface area contributed by atoms with Gasteiger partial charge in [-0.1, -0.05) is 13.8 Å². The Kier molecular flexibility index (Phi) is 4.55. The second-order valence-corrected chi connectivity index (χ2v) is 9.27. The molecule has 130 valence electrons. The second kappa shape index (κ2) is 6.18. The maximum Gasteiger partial charge on any atom is 0.260 e. The lowest BCUT2D eigenvalue weighted by molar-refractivity contribution is 0.154. The van der Waals surface area contributed by atoms with Crippen molar-refractivity contribution in [1.29, 1.82) is 0 Å². The van der Waals surface area contributed by atoms with E-state index in [1.165, 1.54) is 12.6 Å². The minimum atomic E-state index is -3.48. The molecule has 0 saturated carbocycles. The van der Waals surface area contributed by atoms with Crippen molar-refractivity contribution in [2.24, 2.45) is 0 Å². The van der Waals surface area contributed by atoms with Crippen LogP contribution in [0.4, 0.5) is 0 Å². The van der Waals surface area contributed by atoms with Gasteiger partial charge in [0.2, 0.25) is 0 Å². The quantitative estimate of drug-likeness (QED) is 0.912. The molecule has 3 heterocycles. The van der Waals surface area contributed by atoms with Crippen LogP contribution in [0, 0.1) is 0 Å². The molecular weight excluding hydrogens is 312 g/mol. The highest BCUT2D eigenvalue weighted by Crippen LogP contribution is 2.33. The summed E-state index contributed by atoms with van der Waals surface area (Å²) in [7, 11) is -3.48. The zero-order valence-corrected chi connectivity index (χ0v) is 15.3. The monoisotopic (exact) mass is 340 g/mol. The van der Waals surface area contributed by atoms with Crippen LogP contribution < -0.4 is 0 Å². The average Bonchev–Trinajstić information content (AvgIpc) is 3.03. The van der Waals surface area contributed by atoms with Gasteiger partial charge in [-0.3, -0.25) is 4.90 Å². The highest BCUT2D eigenvalue weighted by Gasteiger charge is 2.41. The van der Waals surface area contributed by atoms with Crippen LogP contribution in [0.5, 0.6) is 0 Å². The molecule has 0 spiro atoms. The van der Waals surface area contributed by atoms with Gasteiger partial charge in [0.1, 0.15) is 5.82 Å². The van der Waals surface area contributed by atoms with Crippen molar-refractivity contribution in [2.75, 3.05) is 13.1 Å². The van der Waals surface area contributed by atoms with Gasteiger partial charge >= 0.3 is 0 Å². The van der Waals surface area contributed by atoms with Crippen molar-refractivity contribution in [3.63, 3.8) is 0 Å². The number of imidazole rings is 1. The van der Waals surface area contributed by atoms with Crippen molar-refractivity contribution in [1.82, 2.24) is 19.2 Å². The molecule has 0 aromatic carbocycles. The number of aromatic nitrogens is 2. The van der Waals surface area contributed by atoms with Gasteiger partial charge < -0.3 is 4.98 Å². The summed E-state index contributed by atoms with van der Waals surface area (Å²) in [5, 5.41) is 0.232. The van der Waals surface area contributed by atoms with Crippen molar-refractivity contribution in [2.45, 2.75) is 76.0 Å². The van der Waals surface area contributed by atoms with E-state index in [4.69, 9.17) is 0 Å². The maximum absolute atomic E-state index is 13.0. The van der Waals surface area contributed by atoms with Crippen molar-refractivity contribution in [3.8, 4) is 0 Å². The van der Waals surface area contributed by atoms with Crippen molar-refractivity contribution >= 4 is 10.0 Å². The molecule has 3 rings (SSSR count). The van der Waals surface area contributed by atoms with Gasteiger partial charge in [0.05, 0.1) is 6.20 Å². The highest BCUT2D eigenvalue weighted by molar-refractivity contribution is 7.89. The molecule has 7 heteroatoms. The van der Waals surface area contributed by atoms with Crippen LogP contribution in [0.25, 0.3) is 0 Å². The van der Waals surface area contributed by atoms with Gasteiger partial charge in [-0.2, -0.15) is 4.31 Å². The average molecular weight is 340 g/mol. The first-order valence-corrected chi connectivity index (χ1v) is 10.1. The summed E-state index contributed by atoms with van der Waals surface area (Å²) in [5.41, 5.74) is 0. The fraction of sp³-hybridized carbons (Fsp3) is 0.812. The first-order chi connectivity index (χ1) is 10.8. The smallest absolute Gasteiger partial charge is 0.260 e. The predicted molar refractivity (Wildman–Crippen MR) is 89.8 cm³/mol. The minimum Gasteiger partial charge on any atom is -0.332 e. The number of H-pyrrole nitrogens is 1. The van der Waals surface area contributed by atoms with Gasteiger partial charge in [0.25, 0.3) is 10.0 Å². The Morgan fingerprint density at radius 1 is 1.17 bits per heavy atom. The molecule has 2 saturated heterocycles. The fourth-order valence-electron chi connectivity index (χ4n) is 4.02. The van der Waals surface area contributed by atoms with Gasteiger partial charge in [0.15, 0.2) is 5.03 Å². The Bertz CT molecular complexity index is 653. The van der Waals surface area contributed by atoms with Gasteiger partial charge in [0, 0.05) is 37.1 Å². The minimum absolute atomic E-state index is 0.190. The van der Waals surface area contributed by atoms with E-state index in [0.29, 0.717) is 31.2 Å². The summed E-state index contributed by atoms with van der Waals surface area (Å²) < 4.78 is 27.6. The number of nitrogens with one attached hydrogen (secondary N) is 1. The third kappa shape index (κ3) is 3.06. The summed E-state index contributed by atoms with van der Waals surface area (Å²) in [5.74, 6) is 0.916. The molecule has 1 N–H and O–H groups in total. The Labute approximate surface area is 139 Å². The van der Waals surface area contributed by atoms with Crippen LogP contribution in [-0.2, 0) is 10.0 Å². The number of rotatable bonds is 4. The van der Waals surface area contributed by atoms with E-state index in [2.05, 4.69) is 28.7 Å². The van der Waals surface area contributed by atoms with Crippen molar-refractivity contribution < 1.29 is 8.42 Å². The summed E-state index contributed by atoms with van der Waals surface area (Å²) in [6.07, 6.45) is 4.67. The summed E-state index contributed by atoms with van der Waals surface area (Å²) in [6.45, 7) is 9.61. The topological polar surface area (TPSA) is 69.3 Å². The van der Waals surface area contributed by atoms with E-state index in [0.717, 1.165) is 18.7 Å². The van der Waals surface area contributed by atoms with E-state index >= 15 is 0 Å². The predicted octanol–water partition coefficient (Wildman–Crippen LogP) is 2.17. The van der Waals surface area contributed by atoms with Crippen LogP contribution in [0.15, 0.2) is 11.2 Å². The lowest BCUT2D eigenvalue weighted by Crippen LogP contribution is -2.44. The Morgan fingerprint density at radius 3 is 2.48 bits per heavy atom. The SMILES string of the molecule is CC(C)c1ncc(S(=O)(=O)N2CCC3CCC(C2)N3C(C)C)[nH]1. The lowest BCUT2D eigenvalue weighted by atomic mass is 10.1. The molecule has 1 aromatic heterocycles. The number of aromatic amines is 1. The maximum atomic E-state index is 13.0. The molecule has 0 amide bonds. The first-order valence-electron chi connectivity index (χ1n) is 8.63. The normalized spacial score (nSPS) is 27.0. The zero-order valence-electron chi connectivity index (χ0n) is 14.5. The second-order valence-electron chi connectivity index (χ2n) is 7.37. The molecule has 23 heavy (non-hydrogen) atoms. The summed E-state index contributed by atoms with van der Waals surface area (Å²) in [6, 6.07) is 1.33. The molecule has 2 bridgehead atoms. The van der Waals surface area contributed by atoms with E-state index < -0.39 is 10.0 Å². The van der Waals surface area contributed by atoms with Crippen LogP contribution in [0.1, 0.15) is 58.7 Å². The van der Waals surface area contributed by atoms with Crippen LogP contribution in [-0.4, -0.2) is 58.8 Å².